The lowest BCUT2D eigenvalue weighted by molar-refractivity contribution is -0.0242. The van der Waals surface area contributed by atoms with Gasteiger partial charge in [0.25, 0.3) is 0 Å². The normalized spacial score (nSPS) is 23.9. The maximum atomic E-state index is 5.80. The van der Waals surface area contributed by atoms with Crippen LogP contribution in [-0.4, -0.2) is 34.8 Å². The molecule has 0 aliphatic carbocycles. The predicted molar refractivity (Wildman–Crippen MR) is 77.1 cm³/mol. The molecule has 1 aromatic rings. The summed E-state index contributed by atoms with van der Waals surface area (Å²) in [7, 11) is 0. The second kappa shape index (κ2) is 7.65. The van der Waals surface area contributed by atoms with Crippen molar-refractivity contribution in [2.75, 3.05) is 13.2 Å². The molecule has 1 aliphatic rings. The van der Waals surface area contributed by atoms with E-state index in [1.54, 1.807) is 0 Å². The van der Waals surface area contributed by atoms with Crippen LogP contribution in [0.5, 0.6) is 0 Å². The fraction of sp³-hybridized carbons (Fsp3) is 0.800. The number of rotatable bonds is 7. The molecule has 1 fully saturated rings. The van der Waals surface area contributed by atoms with Crippen molar-refractivity contribution in [2.24, 2.45) is 5.92 Å². The summed E-state index contributed by atoms with van der Waals surface area (Å²) in [5.74, 6) is 0.630. The lowest BCUT2D eigenvalue weighted by atomic mass is 9.95. The molecule has 19 heavy (non-hydrogen) atoms. The van der Waals surface area contributed by atoms with Crippen molar-refractivity contribution in [3.63, 3.8) is 0 Å². The van der Waals surface area contributed by atoms with Crippen molar-refractivity contribution in [3.8, 4) is 0 Å². The fourth-order valence-electron chi connectivity index (χ4n) is 2.62. The number of nitrogens with zero attached hydrogens (tertiary/aromatic N) is 2. The van der Waals surface area contributed by atoms with Crippen LogP contribution in [-0.2, 0) is 11.3 Å². The molecule has 0 amide bonds. The van der Waals surface area contributed by atoms with E-state index in [0.29, 0.717) is 18.1 Å². The molecule has 2 unspecified atom stereocenters. The zero-order valence-corrected chi connectivity index (χ0v) is 12.2. The number of hydrogen-bond acceptors (Lipinski definition) is 3. The van der Waals surface area contributed by atoms with Gasteiger partial charge in [-0.25, -0.2) is 4.98 Å². The van der Waals surface area contributed by atoms with E-state index in [9.17, 15) is 0 Å². The number of aryl methyl sites for hydroxylation is 1. The second-order valence-corrected chi connectivity index (χ2v) is 5.84. The van der Waals surface area contributed by atoms with Gasteiger partial charge in [0.05, 0.1) is 12.4 Å². The number of nitrogens with one attached hydrogen (secondary N) is 1. The summed E-state index contributed by atoms with van der Waals surface area (Å²) in [6, 6.07) is 0.648. The lowest BCUT2D eigenvalue weighted by Gasteiger charge is -2.32. The molecule has 1 aliphatic heterocycles. The van der Waals surface area contributed by atoms with Gasteiger partial charge in [-0.1, -0.05) is 13.8 Å². The minimum absolute atomic E-state index is 0.442. The molecule has 2 heterocycles. The van der Waals surface area contributed by atoms with Crippen LogP contribution < -0.4 is 5.32 Å². The van der Waals surface area contributed by atoms with Gasteiger partial charge in [-0.15, -0.1) is 0 Å². The van der Waals surface area contributed by atoms with Crippen LogP contribution in [0, 0.1) is 5.92 Å². The highest BCUT2D eigenvalue weighted by molar-refractivity contribution is 4.78. The van der Waals surface area contributed by atoms with E-state index in [1.807, 2.05) is 18.7 Å². The highest BCUT2D eigenvalue weighted by Crippen LogP contribution is 2.20. The first kappa shape index (κ1) is 14.5. The molecule has 0 spiro atoms. The SMILES string of the molecule is CC(C)C1CC(NCCCCn2ccnc2)CCO1. The average Bonchev–Trinajstić information content (AvgIpc) is 2.92. The number of hydrogen-bond donors (Lipinski definition) is 1. The summed E-state index contributed by atoms with van der Waals surface area (Å²) < 4.78 is 7.94. The molecule has 2 rings (SSSR count). The molecule has 4 nitrogen and oxygen atoms in total. The third-order valence-corrected chi connectivity index (χ3v) is 3.89. The Hall–Kier alpha value is -0.870. The van der Waals surface area contributed by atoms with Gasteiger partial charge < -0.3 is 14.6 Å². The highest BCUT2D eigenvalue weighted by atomic mass is 16.5. The van der Waals surface area contributed by atoms with Crippen LogP contribution in [0.15, 0.2) is 18.7 Å². The van der Waals surface area contributed by atoms with Gasteiger partial charge in [-0.05, 0) is 38.1 Å². The smallest absolute Gasteiger partial charge is 0.0945 e. The van der Waals surface area contributed by atoms with Gasteiger partial charge in [-0.2, -0.15) is 0 Å². The number of ether oxygens (including phenoxy) is 1. The standard InChI is InChI=1S/C15H27N3O/c1-13(2)15-11-14(5-10-19-15)17-6-3-4-8-18-9-7-16-12-18/h7,9,12-15,17H,3-6,8,10-11H2,1-2H3. The molecule has 1 aromatic heterocycles. The maximum Gasteiger partial charge on any atom is 0.0945 e. The fourth-order valence-corrected chi connectivity index (χ4v) is 2.62. The number of imidazole rings is 1. The van der Waals surface area contributed by atoms with E-state index in [4.69, 9.17) is 4.74 Å². The van der Waals surface area contributed by atoms with E-state index in [-0.39, 0.29) is 0 Å². The van der Waals surface area contributed by atoms with E-state index in [0.717, 1.165) is 26.1 Å². The van der Waals surface area contributed by atoms with Gasteiger partial charge in [0.1, 0.15) is 0 Å². The van der Waals surface area contributed by atoms with E-state index < -0.39 is 0 Å². The summed E-state index contributed by atoms with van der Waals surface area (Å²) in [5.41, 5.74) is 0. The Morgan fingerprint density at radius 3 is 3.05 bits per heavy atom. The third kappa shape index (κ3) is 4.96. The largest absolute Gasteiger partial charge is 0.378 e. The molecular weight excluding hydrogens is 238 g/mol. The summed E-state index contributed by atoms with van der Waals surface area (Å²) in [6.45, 7) is 7.60. The Morgan fingerprint density at radius 2 is 2.32 bits per heavy atom. The highest BCUT2D eigenvalue weighted by Gasteiger charge is 2.24. The Bertz CT molecular complexity index is 337. The van der Waals surface area contributed by atoms with Gasteiger partial charge in [0.2, 0.25) is 0 Å². The number of unbranched alkanes of at least 4 members (excludes halogenated alkanes) is 1. The van der Waals surface area contributed by atoms with Crippen LogP contribution in [0.4, 0.5) is 0 Å². The Balaban J connectivity index is 1.55. The molecule has 2 atom stereocenters. The van der Waals surface area contributed by atoms with Crippen molar-refractivity contribution in [1.82, 2.24) is 14.9 Å². The van der Waals surface area contributed by atoms with Crippen molar-refractivity contribution in [1.29, 1.82) is 0 Å². The Morgan fingerprint density at radius 1 is 1.42 bits per heavy atom. The predicted octanol–water partition coefficient (Wildman–Crippen LogP) is 2.46. The monoisotopic (exact) mass is 265 g/mol. The summed E-state index contributed by atoms with van der Waals surface area (Å²) in [6.07, 6.45) is 11.0. The minimum atomic E-state index is 0.442. The van der Waals surface area contributed by atoms with Crippen molar-refractivity contribution in [2.45, 2.75) is 58.2 Å². The van der Waals surface area contributed by atoms with Crippen LogP contribution in [0.1, 0.15) is 39.5 Å². The lowest BCUT2D eigenvalue weighted by Crippen LogP contribution is -2.41. The van der Waals surface area contributed by atoms with E-state index >= 15 is 0 Å². The molecule has 0 radical (unpaired) electrons. The molecule has 1 saturated heterocycles. The first-order chi connectivity index (χ1) is 9.25. The first-order valence-corrected chi connectivity index (χ1v) is 7.56. The third-order valence-electron chi connectivity index (χ3n) is 3.89. The first-order valence-electron chi connectivity index (χ1n) is 7.56. The van der Waals surface area contributed by atoms with Gasteiger partial charge in [0.15, 0.2) is 0 Å². The van der Waals surface area contributed by atoms with Crippen molar-refractivity contribution < 1.29 is 4.74 Å². The van der Waals surface area contributed by atoms with Crippen LogP contribution in [0.3, 0.4) is 0 Å². The Kier molecular flexibility index (Phi) is 5.86. The van der Waals surface area contributed by atoms with Crippen LogP contribution in [0.2, 0.25) is 0 Å². The van der Waals surface area contributed by atoms with Gasteiger partial charge >= 0.3 is 0 Å². The van der Waals surface area contributed by atoms with Crippen LogP contribution >= 0.6 is 0 Å². The zero-order chi connectivity index (χ0) is 13.5. The van der Waals surface area contributed by atoms with Gasteiger partial charge in [-0.3, -0.25) is 0 Å². The molecule has 1 N–H and O–H groups in total. The molecular formula is C15H27N3O. The topological polar surface area (TPSA) is 39.1 Å². The van der Waals surface area contributed by atoms with E-state index in [2.05, 4.69) is 28.7 Å². The van der Waals surface area contributed by atoms with E-state index in [1.165, 1.54) is 19.3 Å². The molecule has 0 bridgehead atoms. The molecule has 0 saturated carbocycles. The summed E-state index contributed by atoms with van der Waals surface area (Å²) in [5, 5.41) is 3.68. The molecule has 108 valence electrons. The van der Waals surface area contributed by atoms with Gasteiger partial charge in [0, 0.05) is 31.6 Å². The minimum Gasteiger partial charge on any atom is -0.378 e. The number of aromatic nitrogens is 2. The second-order valence-electron chi connectivity index (χ2n) is 5.84. The van der Waals surface area contributed by atoms with Crippen molar-refractivity contribution >= 4 is 0 Å². The maximum absolute atomic E-state index is 5.80. The Labute approximate surface area is 116 Å². The summed E-state index contributed by atoms with van der Waals surface area (Å²) in [4.78, 5) is 4.05. The van der Waals surface area contributed by atoms with Crippen LogP contribution in [0.25, 0.3) is 0 Å². The molecule has 0 aromatic carbocycles. The average molecular weight is 265 g/mol. The van der Waals surface area contributed by atoms with Crippen molar-refractivity contribution in [3.05, 3.63) is 18.7 Å². The zero-order valence-electron chi connectivity index (χ0n) is 12.2. The molecule has 4 heteroatoms. The quantitative estimate of drug-likeness (QED) is 0.770. The summed E-state index contributed by atoms with van der Waals surface area (Å²) >= 11 is 0.